The van der Waals surface area contributed by atoms with E-state index in [9.17, 15) is 9.90 Å². The van der Waals surface area contributed by atoms with E-state index in [1.165, 1.54) is 0 Å². The van der Waals surface area contributed by atoms with E-state index >= 15 is 0 Å². The van der Waals surface area contributed by atoms with Crippen molar-refractivity contribution in [2.24, 2.45) is 11.8 Å². The normalized spacial score (nSPS) is 17.6. The summed E-state index contributed by atoms with van der Waals surface area (Å²) in [6, 6.07) is 0. The lowest BCUT2D eigenvalue weighted by Crippen LogP contribution is -2.43. The summed E-state index contributed by atoms with van der Waals surface area (Å²) in [6.45, 7) is 15.3. The highest BCUT2D eigenvalue weighted by molar-refractivity contribution is 6.74. The van der Waals surface area contributed by atoms with Gasteiger partial charge in [-0.15, -0.1) is 0 Å². The van der Waals surface area contributed by atoms with Crippen LogP contribution in [0.3, 0.4) is 0 Å². The largest absolute Gasteiger partial charge is 0.481 e. The highest BCUT2D eigenvalue weighted by Crippen LogP contribution is 2.37. The van der Waals surface area contributed by atoms with Crippen LogP contribution in [0.5, 0.6) is 0 Å². The van der Waals surface area contributed by atoms with Crippen LogP contribution >= 0.6 is 0 Å². The van der Waals surface area contributed by atoms with Gasteiger partial charge in [-0.1, -0.05) is 27.7 Å². The molecule has 0 aromatic rings. The first-order valence-electron chi connectivity index (χ1n) is 7.32. The van der Waals surface area contributed by atoms with Crippen LogP contribution in [0.1, 0.15) is 41.0 Å². The van der Waals surface area contributed by atoms with Gasteiger partial charge in [-0.25, -0.2) is 0 Å². The van der Waals surface area contributed by atoms with Crippen LogP contribution in [-0.2, 0) is 14.0 Å². The van der Waals surface area contributed by atoms with Crippen LogP contribution in [0, 0.1) is 11.8 Å². The Kier molecular flexibility index (Phi) is 7.42. The molecule has 0 spiro atoms. The quantitative estimate of drug-likeness (QED) is 0.694. The summed E-state index contributed by atoms with van der Waals surface area (Å²) in [5.41, 5.74) is 0. The maximum atomic E-state index is 11.4. The average Bonchev–Trinajstić information content (AvgIpc) is 2.30. The number of rotatable bonds is 8. The highest BCUT2D eigenvalue weighted by atomic mass is 28.4. The predicted octanol–water partition coefficient (Wildman–Crippen LogP) is 3.77. The molecule has 0 amide bonds. The summed E-state index contributed by atoms with van der Waals surface area (Å²) in [7, 11) is -0.209. The number of aliphatic carboxylic acids is 1. The molecule has 0 radical (unpaired) electrons. The van der Waals surface area contributed by atoms with Crippen molar-refractivity contribution in [1.82, 2.24) is 0 Å². The molecule has 0 aliphatic heterocycles. The molecule has 0 aromatic heterocycles. The van der Waals surface area contributed by atoms with E-state index in [-0.39, 0.29) is 17.1 Å². The molecule has 1 N–H and O–H groups in total. The number of carbonyl (C=O) groups is 1. The van der Waals surface area contributed by atoms with Crippen molar-refractivity contribution in [1.29, 1.82) is 0 Å². The number of ether oxygens (including phenoxy) is 1. The second-order valence-electron chi connectivity index (χ2n) is 7.28. The summed E-state index contributed by atoms with van der Waals surface area (Å²) in [5, 5.41) is 9.52. The number of hydrogen-bond acceptors (Lipinski definition) is 3. The Bertz CT molecular complexity index is 309. The first-order chi connectivity index (χ1) is 8.92. The fourth-order valence-electron chi connectivity index (χ4n) is 1.70. The molecule has 0 fully saturated rings. The lowest BCUT2D eigenvalue weighted by Gasteiger charge is -2.37. The Balaban J connectivity index is 4.63. The van der Waals surface area contributed by atoms with Crippen LogP contribution in [0.25, 0.3) is 0 Å². The van der Waals surface area contributed by atoms with Crippen LogP contribution in [0.4, 0.5) is 0 Å². The van der Waals surface area contributed by atoms with Crippen molar-refractivity contribution >= 4 is 14.3 Å². The van der Waals surface area contributed by atoms with Gasteiger partial charge in [0.2, 0.25) is 0 Å². The van der Waals surface area contributed by atoms with E-state index < -0.39 is 20.2 Å². The van der Waals surface area contributed by atoms with Crippen molar-refractivity contribution in [3.05, 3.63) is 0 Å². The first kappa shape index (κ1) is 19.6. The average molecular weight is 305 g/mol. The van der Waals surface area contributed by atoms with Crippen LogP contribution < -0.4 is 0 Å². The van der Waals surface area contributed by atoms with E-state index in [2.05, 4.69) is 33.9 Å². The first-order valence-corrected chi connectivity index (χ1v) is 10.2. The third-order valence-corrected chi connectivity index (χ3v) is 9.01. The predicted molar refractivity (Wildman–Crippen MR) is 84.5 cm³/mol. The lowest BCUT2D eigenvalue weighted by molar-refractivity contribution is -0.145. The van der Waals surface area contributed by atoms with Crippen LogP contribution in [-0.4, -0.2) is 39.2 Å². The van der Waals surface area contributed by atoms with Gasteiger partial charge in [-0.05, 0) is 37.4 Å². The molecule has 0 bridgehead atoms. The molecule has 0 saturated heterocycles. The Morgan fingerprint density at radius 3 is 2.10 bits per heavy atom. The summed E-state index contributed by atoms with van der Waals surface area (Å²) in [5.74, 6) is -1.20. The van der Waals surface area contributed by atoms with E-state index in [0.717, 1.165) is 0 Å². The third-order valence-electron chi connectivity index (χ3n) is 4.51. The van der Waals surface area contributed by atoms with Crippen molar-refractivity contribution in [3.8, 4) is 0 Å². The van der Waals surface area contributed by atoms with Crippen molar-refractivity contribution in [2.45, 2.75) is 65.3 Å². The van der Waals surface area contributed by atoms with Crippen molar-refractivity contribution < 1.29 is 19.1 Å². The number of hydrogen-bond donors (Lipinski definition) is 1. The number of methoxy groups -OCH3 is 1. The molecule has 2 unspecified atom stereocenters. The topological polar surface area (TPSA) is 55.8 Å². The van der Waals surface area contributed by atoms with Crippen molar-refractivity contribution in [2.75, 3.05) is 13.7 Å². The SMILES string of the molecule is COC(C)C[C@H](C(=O)O)C(C)CO[Si](C)(C)C(C)(C)C. The lowest BCUT2D eigenvalue weighted by atomic mass is 9.90. The van der Waals surface area contributed by atoms with E-state index in [4.69, 9.17) is 9.16 Å². The molecule has 120 valence electrons. The fraction of sp³-hybridized carbons (Fsp3) is 0.933. The maximum absolute atomic E-state index is 11.4. The highest BCUT2D eigenvalue weighted by Gasteiger charge is 2.38. The molecule has 4 nitrogen and oxygen atoms in total. The number of carboxylic acids is 1. The van der Waals surface area contributed by atoms with Gasteiger partial charge >= 0.3 is 5.97 Å². The minimum Gasteiger partial charge on any atom is -0.481 e. The molecular formula is C15H32O4Si. The Hall–Kier alpha value is -0.393. The molecule has 0 rings (SSSR count). The molecule has 0 saturated carbocycles. The molecular weight excluding hydrogens is 272 g/mol. The molecule has 20 heavy (non-hydrogen) atoms. The van der Waals surface area contributed by atoms with Gasteiger partial charge in [-0.2, -0.15) is 0 Å². The van der Waals surface area contributed by atoms with E-state index in [1.54, 1.807) is 7.11 Å². The molecule has 0 aliphatic rings. The summed E-state index contributed by atoms with van der Waals surface area (Å²) < 4.78 is 11.3. The zero-order valence-electron chi connectivity index (χ0n) is 14.3. The van der Waals surface area contributed by atoms with Gasteiger partial charge in [0.25, 0.3) is 0 Å². The smallest absolute Gasteiger partial charge is 0.306 e. The second-order valence-corrected chi connectivity index (χ2v) is 12.1. The van der Waals surface area contributed by atoms with Gasteiger partial charge in [0.1, 0.15) is 0 Å². The summed E-state index contributed by atoms with van der Waals surface area (Å²) in [4.78, 5) is 11.4. The Morgan fingerprint density at radius 2 is 1.75 bits per heavy atom. The zero-order chi connectivity index (χ0) is 16.1. The van der Waals surface area contributed by atoms with Crippen molar-refractivity contribution in [3.63, 3.8) is 0 Å². The minimum atomic E-state index is -1.82. The molecule has 3 atom stereocenters. The monoisotopic (exact) mass is 304 g/mol. The summed E-state index contributed by atoms with van der Waals surface area (Å²) >= 11 is 0. The summed E-state index contributed by atoms with van der Waals surface area (Å²) in [6.07, 6.45) is 0.472. The van der Waals surface area contributed by atoms with Crippen LogP contribution in [0.2, 0.25) is 18.1 Å². The van der Waals surface area contributed by atoms with E-state index in [1.807, 2.05) is 13.8 Å². The van der Waals surface area contributed by atoms with Gasteiger partial charge in [0.15, 0.2) is 8.32 Å². The molecule has 0 aromatic carbocycles. The molecule has 5 heteroatoms. The minimum absolute atomic E-state index is 0.0146. The third kappa shape index (κ3) is 5.93. The Morgan fingerprint density at radius 1 is 1.25 bits per heavy atom. The molecule has 0 heterocycles. The van der Waals surface area contributed by atoms with Gasteiger partial charge in [0, 0.05) is 13.7 Å². The van der Waals surface area contributed by atoms with Gasteiger partial charge < -0.3 is 14.3 Å². The zero-order valence-corrected chi connectivity index (χ0v) is 15.3. The van der Waals surface area contributed by atoms with E-state index in [0.29, 0.717) is 13.0 Å². The van der Waals surface area contributed by atoms with Gasteiger partial charge in [-0.3, -0.25) is 4.79 Å². The number of carboxylic acid groups (broad SMARTS) is 1. The van der Waals surface area contributed by atoms with Crippen LogP contribution in [0.15, 0.2) is 0 Å². The second kappa shape index (κ2) is 7.57. The molecule has 0 aliphatic carbocycles. The maximum Gasteiger partial charge on any atom is 0.306 e. The Labute approximate surface area is 125 Å². The van der Waals surface area contributed by atoms with Gasteiger partial charge in [0.05, 0.1) is 12.0 Å². The fourth-order valence-corrected chi connectivity index (χ4v) is 2.82. The standard InChI is InChI=1S/C15H32O4Si/c1-11(10-19-20(7,8)15(3,4)5)13(14(16)17)9-12(2)18-6/h11-13H,9-10H2,1-8H3,(H,16,17)/t11?,12?,13-/m0/s1.